The van der Waals surface area contributed by atoms with Crippen molar-refractivity contribution in [1.29, 1.82) is 0 Å². The van der Waals surface area contributed by atoms with Gasteiger partial charge in [0.2, 0.25) is 0 Å². The molecule has 0 amide bonds. The van der Waals surface area contributed by atoms with Gasteiger partial charge in [-0.25, -0.2) is 0 Å². The van der Waals surface area contributed by atoms with Crippen molar-refractivity contribution in [1.82, 2.24) is 4.90 Å². The average molecular weight is 320 g/mol. The van der Waals surface area contributed by atoms with Crippen LogP contribution in [0.1, 0.15) is 30.9 Å². The number of hydrogen-bond acceptors (Lipinski definition) is 5. The second-order valence-corrected chi connectivity index (χ2v) is 6.60. The third-order valence-corrected chi connectivity index (χ3v) is 5.00. The first-order valence-corrected chi connectivity index (χ1v) is 8.54. The lowest BCUT2D eigenvalue weighted by Gasteiger charge is -2.27. The summed E-state index contributed by atoms with van der Waals surface area (Å²) in [6.07, 6.45) is 3.16. The Morgan fingerprint density at radius 3 is 2.74 bits per heavy atom. The number of ether oxygens (including phenoxy) is 3. The van der Waals surface area contributed by atoms with Crippen molar-refractivity contribution in [2.75, 3.05) is 40.5 Å². The smallest absolute Gasteiger partial charge is 0.165 e. The zero-order valence-electron chi connectivity index (χ0n) is 14.2. The molecular formula is C18H28N2O3. The Morgan fingerprint density at radius 1 is 1.30 bits per heavy atom. The summed E-state index contributed by atoms with van der Waals surface area (Å²) in [6.45, 7) is 3.32. The molecule has 0 aliphatic carbocycles. The average Bonchev–Trinajstić information content (AvgIpc) is 2.96. The van der Waals surface area contributed by atoms with E-state index in [-0.39, 0.29) is 6.10 Å². The third-order valence-electron chi connectivity index (χ3n) is 5.00. The first-order chi connectivity index (χ1) is 11.2. The minimum Gasteiger partial charge on any atom is -0.493 e. The second-order valence-electron chi connectivity index (χ2n) is 6.60. The molecule has 5 nitrogen and oxygen atoms in total. The Kier molecular flexibility index (Phi) is 5.41. The first-order valence-electron chi connectivity index (χ1n) is 8.54. The van der Waals surface area contributed by atoms with Gasteiger partial charge in [0.15, 0.2) is 11.5 Å². The molecule has 2 heterocycles. The lowest BCUT2D eigenvalue weighted by atomic mass is 9.98. The molecule has 0 aromatic heterocycles. The molecule has 3 rings (SSSR count). The van der Waals surface area contributed by atoms with Crippen LogP contribution < -0.4 is 15.2 Å². The molecular weight excluding hydrogens is 292 g/mol. The molecule has 2 unspecified atom stereocenters. The van der Waals surface area contributed by atoms with Crippen LogP contribution in [0.25, 0.3) is 0 Å². The van der Waals surface area contributed by atoms with E-state index in [0.717, 1.165) is 57.1 Å². The molecule has 2 N–H and O–H groups in total. The minimum absolute atomic E-state index is 0.214. The van der Waals surface area contributed by atoms with Gasteiger partial charge in [-0.3, -0.25) is 4.90 Å². The Labute approximate surface area is 138 Å². The van der Waals surface area contributed by atoms with E-state index in [2.05, 4.69) is 24.1 Å². The molecule has 0 spiro atoms. The molecule has 2 fully saturated rings. The number of benzene rings is 1. The van der Waals surface area contributed by atoms with Crippen molar-refractivity contribution in [2.24, 2.45) is 11.7 Å². The normalized spacial score (nSPS) is 26.4. The van der Waals surface area contributed by atoms with Gasteiger partial charge in [0.25, 0.3) is 0 Å². The summed E-state index contributed by atoms with van der Waals surface area (Å²) in [5.74, 6) is 2.27. The van der Waals surface area contributed by atoms with Crippen molar-refractivity contribution in [2.45, 2.75) is 31.4 Å². The fourth-order valence-electron chi connectivity index (χ4n) is 3.72. The maximum Gasteiger partial charge on any atom is 0.165 e. The van der Waals surface area contributed by atoms with Crippen molar-refractivity contribution < 1.29 is 14.2 Å². The van der Waals surface area contributed by atoms with E-state index in [0.29, 0.717) is 12.0 Å². The highest BCUT2D eigenvalue weighted by Crippen LogP contribution is 2.42. The highest BCUT2D eigenvalue weighted by molar-refractivity contribution is 5.48. The summed E-state index contributed by atoms with van der Waals surface area (Å²) in [5, 5.41) is 0. The summed E-state index contributed by atoms with van der Waals surface area (Å²) < 4.78 is 17.4. The number of nitrogens with two attached hydrogens (primary N) is 1. The number of methoxy groups -OCH3 is 1. The number of rotatable bonds is 5. The van der Waals surface area contributed by atoms with Crippen molar-refractivity contribution in [3.63, 3.8) is 0 Å². The zero-order valence-corrected chi connectivity index (χ0v) is 14.2. The molecule has 2 saturated heterocycles. The summed E-state index contributed by atoms with van der Waals surface area (Å²) in [4.78, 5) is 2.37. The molecule has 2 aliphatic rings. The van der Waals surface area contributed by atoms with Gasteiger partial charge in [-0.15, -0.1) is 0 Å². The van der Waals surface area contributed by atoms with E-state index in [1.165, 1.54) is 5.56 Å². The minimum atomic E-state index is 0.214. The number of para-hydroxylation sites is 1. The Balaban J connectivity index is 1.82. The molecule has 2 aliphatic heterocycles. The van der Waals surface area contributed by atoms with Gasteiger partial charge in [-0.1, -0.05) is 12.1 Å². The lowest BCUT2D eigenvalue weighted by molar-refractivity contribution is 0.0244. The molecule has 23 heavy (non-hydrogen) atoms. The third kappa shape index (κ3) is 3.62. The van der Waals surface area contributed by atoms with Gasteiger partial charge in [-0.2, -0.15) is 0 Å². The Morgan fingerprint density at radius 2 is 2.09 bits per heavy atom. The molecule has 0 saturated carbocycles. The lowest BCUT2D eigenvalue weighted by Crippen LogP contribution is -2.26. The summed E-state index contributed by atoms with van der Waals surface area (Å²) >= 11 is 0. The van der Waals surface area contributed by atoms with Gasteiger partial charge >= 0.3 is 0 Å². The number of hydrogen-bond donors (Lipinski definition) is 1. The van der Waals surface area contributed by atoms with Gasteiger partial charge in [0, 0.05) is 31.0 Å². The molecule has 2 atom stereocenters. The van der Waals surface area contributed by atoms with Crippen LogP contribution in [0.5, 0.6) is 11.5 Å². The van der Waals surface area contributed by atoms with E-state index in [1.807, 2.05) is 6.07 Å². The van der Waals surface area contributed by atoms with E-state index >= 15 is 0 Å². The van der Waals surface area contributed by atoms with Crippen LogP contribution in [0, 0.1) is 5.92 Å². The standard InChI is InChI=1S/C18H28N2O3/c1-20-12-13(11-19)10-16(20)15-4-3-5-17(18(15)21-2)23-14-6-8-22-9-7-14/h3-5,13-14,16H,6-12,19H2,1-2H3. The van der Waals surface area contributed by atoms with Crippen LogP contribution >= 0.6 is 0 Å². The van der Waals surface area contributed by atoms with Crippen LogP contribution in [-0.4, -0.2) is 51.5 Å². The van der Waals surface area contributed by atoms with Crippen molar-refractivity contribution >= 4 is 0 Å². The van der Waals surface area contributed by atoms with Crippen LogP contribution in [0.2, 0.25) is 0 Å². The Hall–Kier alpha value is -1.30. The largest absolute Gasteiger partial charge is 0.493 e. The van der Waals surface area contributed by atoms with E-state index in [4.69, 9.17) is 19.9 Å². The zero-order chi connectivity index (χ0) is 16.2. The monoisotopic (exact) mass is 320 g/mol. The molecule has 1 aromatic rings. The van der Waals surface area contributed by atoms with Gasteiger partial charge in [0.1, 0.15) is 6.10 Å². The van der Waals surface area contributed by atoms with E-state index < -0.39 is 0 Å². The van der Waals surface area contributed by atoms with Crippen LogP contribution in [0.4, 0.5) is 0 Å². The first kappa shape index (κ1) is 16.6. The molecule has 5 heteroatoms. The summed E-state index contributed by atoms with van der Waals surface area (Å²) in [5.41, 5.74) is 7.07. The van der Waals surface area contributed by atoms with Crippen molar-refractivity contribution in [3.8, 4) is 11.5 Å². The number of nitrogens with zero attached hydrogens (tertiary/aromatic N) is 1. The number of likely N-dealkylation sites (tertiary alicyclic amines) is 1. The second kappa shape index (κ2) is 7.51. The Bertz CT molecular complexity index is 517. The fraction of sp³-hybridized carbons (Fsp3) is 0.667. The van der Waals surface area contributed by atoms with Crippen LogP contribution in [0.3, 0.4) is 0 Å². The molecule has 0 radical (unpaired) electrons. The molecule has 0 bridgehead atoms. The van der Waals surface area contributed by atoms with Gasteiger partial charge in [0.05, 0.1) is 20.3 Å². The summed E-state index contributed by atoms with van der Waals surface area (Å²) in [6, 6.07) is 6.57. The SMILES string of the molecule is COc1c(OC2CCOCC2)cccc1C1CC(CN)CN1C. The van der Waals surface area contributed by atoms with Gasteiger partial charge < -0.3 is 19.9 Å². The fourth-order valence-corrected chi connectivity index (χ4v) is 3.72. The highest BCUT2D eigenvalue weighted by atomic mass is 16.5. The summed E-state index contributed by atoms with van der Waals surface area (Å²) in [7, 11) is 3.89. The van der Waals surface area contributed by atoms with Gasteiger partial charge in [-0.05, 0) is 32.0 Å². The van der Waals surface area contributed by atoms with Crippen LogP contribution in [0.15, 0.2) is 18.2 Å². The van der Waals surface area contributed by atoms with Crippen LogP contribution in [-0.2, 0) is 4.74 Å². The van der Waals surface area contributed by atoms with Crippen molar-refractivity contribution in [3.05, 3.63) is 23.8 Å². The predicted octanol–water partition coefficient (Wildman–Crippen LogP) is 2.20. The maximum absolute atomic E-state index is 6.22. The van der Waals surface area contributed by atoms with E-state index in [1.54, 1.807) is 7.11 Å². The molecule has 128 valence electrons. The van der Waals surface area contributed by atoms with E-state index in [9.17, 15) is 0 Å². The molecule has 1 aromatic carbocycles. The maximum atomic E-state index is 6.22. The highest BCUT2D eigenvalue weighted by Gasteiger charge is 2.32. The predicted molar refractivity (Wildman–Crippen MR) is 90.0 cm³/mol. The topological polar surface area (TPSA) is 57.0 Å². The quantitative estimate of drug-likeness (QED) is 0.901.